The van der Waals surface area contributed by atoms with Gasteiger partial charge in [0.1, 0.15) is 17.7 Å². The predicted molar refractivity (Wildman–Crippen MR) is 119 cm³/mol. The van der Waals surface area contributed by atoms with Gasteiger partial charge < -0.3 is 10.6 Å². The first-order valence-corrected chi connectivity index (χ1v) is 11.7. The maximum Gasteiger partial charge on any atom is 0.419 e. The van der Waals surface area contributed by atoms with Crippen molar-refractivity contribution in [3.8, 4) is 0 Å². The van der Waals surface area contributed by atoms with E-state index in [-0.39, 0.29) is 38.8 Å². The number of likely N-dealkylation sites (tertiary alicyclic amines) is 2. The van der Waals surface area contributed by atoms with Crippen molar-refractivity contribution >= 4 is 11.7 Å². The summed E-state index contributed by atoms with van der Waals surface area (Å²) >= 11 is 0. The molecule has 4 rings (SSSR count). The molecule has 12 heteroatoms. The number of nitrogens with two attached hydrogens (primary N) is 1. The number of carbonyl (C=O) groups is 1. The Labute approximate surface area is 204 Å². The van der Waals surface area contributed by atoms with Gasteiger partial charge in [0.15, 0.2) is 11.5 Å². The van der Waals surface area contributed by atoms with Crippen LogP contribution < -0.4 is 5.73 Å². The van der Waals surface area contributed by atoms with Gasteiger partial charge in [-0.25, -0.2) is 18.2 Å². The molecule has 1 atom stereocenters. The molecule has 0 bridgehead atoms. The third-order valence-corrected chi connectivity index (χ3v) is 7.01. The molecule has 2 N–H and O–H groups in total. The van der Waals surface area contributed by atoms with Gasteiger partial charge in [0.25, 0.3) is 5.91 Å². The minimum absolute atomic E-state index is 0.0113. The number of halogens is 6. The van der Waals surface area contributed by atoms with E-state index in [1.54, 1.807) is 12.3 Å². The molecule has 2 aromatic rings. The Bertz CT molecular complexity index is 1080. The lowest BCUT2D eigenvalue weighted by atomic mass is 9.87. The van der Waals surface area contributed by atoms with E-state index in [1.165, 1.54) is 4.90 Å². The predicted octanol–water partition coefficient (Wildman–Crippen LogP) is 4.47. The number of hydrogen-bond acceptors (Lipinski definition) is 5. The highest BCUT2D eigenvalue weighted by atomic mass is 19.4. The Morgan fingerprint density at radius 2 is 1.75 bits per heavy atom. The number of amides is 1. The normalized spacial score (nSPS) is 20.3. The molecular formula is C24H27F6N5O. The number of rotatable bonds is 5. The van der Waals surface area contributed by atoms with Crippen LogP contribution in [0.25, 0.3) is 0 Å². The molecule has 0 saturated carbocycles. The Morgan fingerprint density at radius 1 is 1.11 bits per heavy atom. The fraction of sp³-hybridized carbons (Fsp3) is 0.542. The Balaban J connectivity index is 1.32. The van der Waals surface area contributed by atoms with E-state index >= 15 is 4.39 Å². The smallest absolute Gasteiger partial charge is 0.384 e. The van der Waals surface area contributed by atoms with Gasteiger partial charge in [-0.3, -0.25) is 14.7 Å². The maximum absolute atomic E-state index is 15.6. The molecule has 6 nitrogen and oxygen atoms in total. The molecule has 2 aliphatic rings. The van der Waals surface area contributed by atoms with E-state index < -0.39 is 46.9 Å². The second kappa shape index (κ2) is 10.2. The molecule has 0 aromatic carbocycles. The third-order valence-electron chi connectivity index (χ3n) is 7.01. The van der Waals surface area contributed by atoms with E-state index in [2.05, 4.69) is 9.97 Å². The minimum atomic E-state index is -4.96. The zero-order chi connectivity index (χ0) is 26.1. The van der Waals surface area contributed by atoms with Crippen molar-refractivity contribution < 1.29 is 31.1 Å². The summed E-state index contributed by atoms with van der Waals surface area (Å²) in [5.41, 5.74) is 2.14. The van der Waals surface area contributed by atoms with Crippen LogP contribution in [0, 0.1) is 11.7 Å². The highest BCUT2D eigenvalue weighted by Gasteiger charge is 2.45. The summed E-state index contributed by atoms with van der Waals surface area (Å²) in [6, 6.07) is 4.03. The topological polar surface area (TPSA) is 75.3 Å². The second-order valence-corrected chi connectivity index (χ2v) is 9.42. The minimum Gasteiger partial charge on any atom is -0.384 e. The lowest BCUT2D eigenvalue weighted by molar-refractivity contribution is -0.149. The van der Waals surface area contributed by atoms with Crippen LogP contribution in [0.3, 0.4) is 0 Å². The largest absolute Gasteiger partial charge is 0.419 e. The number of piperidine rings is 2. The lowest BCUT2D eigenvalue weighted by Crippen LogP contribution is -2.54. The van der Waals surface area contributed by atoms with Crippen LogP contribution in [0.5, 0.6) is 0 Å². The molecule has 1 amide bonds. The average Bonchev–Trinajstić information content (AvgIpc) is 2.84. The molecule has 0 radical (unpaired) electrons. The Morgan fingerprint density at radius 3 is 2.36 bits per heavy atom. The second-order valence-electron chi connectivity index (χ2n) is 9.42. The van der Waals surface area contributed by atoms with E-state index in [9.17, 15) is 26.7 Å². The monoisotopic (exact) mass is 515 g/mol. The van der Waals surface area contributed by atoms with Gasteiger partial charge in [-0.1, -0.05) is 0 Å². The number of alkyl halides is 5. The summed E-state index contributed by atoms with van der Waals surface area (Å²) in [6.45, 7) is 1.37. The molecule has 0 aliphatic carbocycles. The molecule has 2 aromatic heterocycles. The van der Waals surface area contributed by atoms with Crippen LogP contribution >= 0.6 is 0 Å². The van der Waals surface area contributed by atoms with Gasteiger partial charge in [-0.05, 0) is 42.5 Å². The van der Waals surface area contributed by atoms with Crippen molar-refractivity contribution in [1.29, 1.82) is 0 Å². The van der Waals surface area contributed by atoms with Crippen molar-refractivity contribution in [2.45, 2.75) is 50.2 Å². The van der Waals surface area contributed by atoms with E-state index in [0.717, 1.165) is 11.8 Å². The molecule has 1 unspecified atom stereocenters. The van der Waals surface area contributed by atoms with Crippen molar-refractivity contribution in [3.05, 3.63) is 53.2 Å². The van der Waals surface area contributed by atoms with Crippen molar-refractivity contribution in [2.75, 3.05) is 31.9 Å². The van der Waals surface area contributed by atoms with Crippen LogP contribution in [0.1, 0.15) is 48.7 Å². The lowest BCUT2D eigenvalue weighted by Gasteiger charge is -2.40. The summed E-state index contributed by atoms with van der Waals surface area (Å²) < 4.78 is 83.7. The quantitative estimate of drug-likeness (QED) is 0.595. The van der Waals surface area contributed by atoms with Crippen molar-refractivity contribution in [2.24, 2.45) is 5.92 Å². The van der Waals surface area contributed by atoms with Gasteiger partial charge in [0, 0.05) is 58.0 Å². The van der Waals surface area contributed by atoms with Crippen molar-refractivity contribution in [1.82, 2.24) is 19.8 Å². The summed E-state index contributed by atoms with van der Waals surface area (Å²) in [5.74, 6) is -2.82. The molecule has 2 fully saturated rings. The third kappa shape index (κ3) is 5.58. The van der Waals surface area contributed by atoms with Gasteiger partial charge in [0.2, 0.25) is 0 Å². The SMILES string of the molecule is Nc1cc(CN2CCC(F)(C(=O)N3CCC(C(F)c4nccc(C(F)(F)F)c4F)CC3)CC2)ccn1. The van der Waals surface area contributed by atoms with Gasteiger partial charge in [0.05, 0.1) is 5.56 Å². The molecule has 2 aliphatic heterocycles. The molecule has 4 heterocycles. The van der Waals surface area contributed by atoms with Gasteiger partial charge in [-0.2, -0.15) is 13.2 Å². The number of nitrogen functional groups attached to an aromatic ring is 1. The number of anilines is 1. The summed E-state index contributed by atoms with van der Waals surface area (Å²) in [5, 5.41) is 0. The standard InChI is InChI=1S/C24H27F6N5O/c25-19(21-20(26)17(2-8-33-21)24(28,29)30)16-3-9-35(10-4-16)22(36)23(27)5-11-34(12-6-23)14-15-1-7-32-18(31)13-15/h1-2,7-8,13,16,19H,3-6,9-12,14H2,(H2,31,32). The summed E-state index contributed by atoms with van der Waals surface area (Å²) in [4.78, 5) is 23.8. The number of hydrogen-bond donors (Lipinski definition) is 1. The van der Waals surface area contributed by atoms with Crippen LogP contribution in [0.15, 0.2) is 30.6 Å². The Hall–Kier alpha value is -2.89. The number of carbonyl (C=O) groups excluding carboxylic acids is 1. The molecular weight excluding hydrogens is 488 g/mol. The number of pyridine rings is 2. The fourth-order valence-electron chi connectivity index (χ4n) is 4.90. The van der Waals surface area contributed by atoms with E-state index in [1.807, 2.05) is 11.0 Å². The molecule has 0 spiro atoms. The maximum atomic E-state index is 15.6. The van der Waals surface area contributed by atoms with E-state index in [0.29, 0.717) is 31.5 Å². The first kappa shape index (κ1) is 26.2. The highest BCUT2D eigenvalue weighted by molar-refractivity contribution is 5.85. The van der Waals surface area contributed by atoms with Crippen LogP contribution in [0.2, 0.25) is 0 Å². The van der Waals surface area contributed by atoms with Gasteiger partial charge in [-0.15, -0.1) is 0 Å². The first-order valence-electron chi connectivity index (χ1n) is 11.7. The molecule has 2 saturated heterocycles. The average molecular weight is 516 g/mol. The van der Waals surface area contributed by atoms with Crippen LogP contribution in [0.4, 0.5) is 32.2 Å². The van der Waals surface area contributed by atoms with Crippen molar-refractivity contribution in [3.63, 3.8) is 0 Å². The Kier molecular flexibility index (Phi) is 7.44. The van der Waals surface area contributed by atoms with Crippen LogP contribution in [-0.2, 0) is 17.5 Å². The van der Waals surface area contributed by atoms with Gasteiger partial charge >= 0.3 is 6.18 Å². The zero-order valence-corrected chi connectivity index (χ0v) is 19.4. The molecule has 36 heavy (non-hydrogen) atoms. The zero-order valence-electron chi connectivity index (χ0n) is 19.4. The summed E-state index contributed by atoms with van der Waals surface area (Å²) in [6.07, 6.45) is -4.54. The van der Waals surface area contributed by atoms with E-state index in [4.69, 9.17) is 5.73 Å². The molecule has 196 valence electrons. The fourth-order valence-corrected chi connectivity index (χ4v) is 4.90. The summed E-state index contributed by atoms with van der Waals surface area (Å²) in [7, 11) is 0. The highest BCUT2D eigenvalue weighted by Crippen LogP contribution is 2.39. The number of aromatic nitrogens is 2. The van der Waals surface area contributed by atoms with Crippen LogP contribution in [-0.4, -0.2) is 57.5 Å². The first-order chi connectivity index (χ1) is 17.0. The number of nitrogens with zero attached hydrogens (tertiary/aromatic N) is 4.